The normalized spacial score (nSPS) is 14.0. The second-order valence-electron chi connectivity index (χ2n) is 7.62. The summed E-state index contributed by atoms with van der Waals surface area (Å²) in [6.07, 6.45) is 0.435. The Bertz CT molecular complexity index is 1150. The third-order valence-electron chi connectivity index (χ3n) is 5.40. The fourth-order valence-corrected chi connectivity index (χ4v) is 3.91. The molecule has 1 aromatic heterocycles. The number of benzene rings is 2. The molecule has 0 saturated carbocycles. The van der Waals surface area contributed by atoms with Crippen LogP contribution in [-0.4, -0.2) is 59.6 Å². The van der Waals surface area contributed by atoms with Gasteiger partial charge in [0.2, 0.25) is 0 Å². The van der Waals surface area contributed by atoms with Crippen molar-refractivity contribution in [2.45, 2.75) is 13.3 Å². The smallest absolute Gasteiger partial charge is 0.409 e. The van der Waals surface area contributed by atoms with Gasteiger partial charge in [-0.15, -0.1) is 0 Å². The van der Waals surface area contributed by atoms with Crippen LogP contribution in [-0.2, 0) is 4.74 Å². The van der Waals surface area contributed by atoms with E-state index in [4.69, 9.17) is 16.3 Å². The van der Waals surface area contributed by atoms with Crippen LogP contribution in [0.5, 0.6) is 0 Å². The molecule has 4 rings (SSSR count). The van der Waals surface area contributed by atoms with E-state index >= 15 is 0 Å². The Morgan fingerprint density at radius 2 is 1.72 bits per heavy atom. The minimum Gasteiger partial charge on any atom is -0.449 e. The molecule has 1 aliphatic heterocycles. The fraction of sp³-hybridized carbons (Fsp3) is 0.292. The van der Waals surface area contributed by atoms with E-state index in [1.165, 1.54) is 12.1 Å². The topological polar surface area (TPSA) is 62.7 Å². The van der Waals surface area contributed by atoms with Crippen LogP contribution in [0.4, 0.5) is 9.18 Å². The van der Waals surface area contributed by atoms with Gasteiger partial charge in [0.1, 0.15) is 5.82 Å². The molecule has 2 heterocycles. The van der Waals surface area contributed by atoms with Gasteiger partial charge in [0.15, 0.2) is 0 Å². The van der Waals surface area contributed by atoms with E-state index in [9.17, 15) is 14.0 Å². The number of hydrogen-bond donors (Lipinski definition) is 0. The zero-order valence-electron chi connectivity index (χ0n) is 17.7. The number of pyridine rings is 1. The van der Waals surface area contributed by atoms with Gasteiger partial charge in [-0.2, -0.15) is 0 Å². The second kappa shape index (κ2) is 9.53. The zero-order valence-corrected chi connectivity index (χ0v) is 18.4. The van der Waals surface area contributed by atoms with Crippen LogP contribution < -0.4 is 0 Å². The summed E-state index contributed by atoms with van der Waals surface area (Å²) in [7, 11) is 0. The first-order valence-electron chi connectivity index (χ1n) is 10.5. The van der Waals surface area contributed by atoms with Crippen molar-refractivity contribution in [2.75, 3.05) is 32.8 Å². The van der Waals surface area contributed by atoms with Crippen LogP contribution in [0.25, 0.3) is 22.2 Å². The van der Waals surface area contributed by atoms with E-state index in [0.29, 0.717) is 54.6 Å². The van der Waals surface area contributed by atoms with Crippen LogP contribution in [0, 0.1) is 5.82 Å². The quantitative estimate of drug-likeness (QED) is 0.555. The van der Waals surface area contributed by atoms with E-state index in [2.05, 4.69) is 4.98 Å². The average molecular weight is 456 g/mol. The number of fused-ring (bicyclic) bond motifs is 1. The molecule has 8 heteroatoms. The molecular weight excluding hydrogens is 433 g/mol. The number of amides is 2. The number of hydrogen-bond acceptors (Lipinski definition) is 4. The molecule has 2 amide bonds. The third-order valence-corrected chi connectivity index (χ3v) is 5.71. The number of carbonyl (C=O) groups is 2. The molecule has 1 fully saturated rings. The van der Waals surface area contributed by atoms with Crippen molar-refractivity contribution in [3.63, 3.8) is 0 Å². The largest absolute Gasteiger partial charge is 0.449 e. The number of aromatic nitrogens is 1. The molecule has 0 bridgehead atoms. The fourth-order valence-electron chi connectivity index (χ4n) is 3.64. The molecule has 0 radical (unpaired) electrons. The molecule has 32 heavy (non-hydrogen) atoms. The van der Waals surface area contributed by atoms with Crippen molar-refractivity contribution >= 4 is 34.5 Å². The lowest BCUT2D eigenvalue weighted by Crippen LogP contribution is -2.50. The first-order valence-corrected chi connectivity index (χ1v) is 10.9. The van der Waals surface area contributed by atoms with Gasteiger partial charge in [-0.1, -0.05) is 24.6 Å². The third kappa shape index (κ3) is 4.67. The molecule has 1 saturated heterocycles. The summed E-state index contributed by atoms with van der Waals surface area (Å²) >= 11 is 6.45. The van der Waals surface area contributed by atoms with E-state index in [1.54, 1.807) is 46.2 Å². The summed E-state index contributed by atoms with van der Waals surface area (Å²) in [5.41, 5.74) is 2.42. The van der Waals surface area contributed by atoms with Crippen molar-refractivity contribution < 1.29 is 18.7 Å². The van der Waals surface area contributed by atoms with Gasteiger partial charge in [0.25, 0.3) is 5.91 Å². The van der Waals surface area contributed by atoms with Crippen molar-refractivity contribution in [3.05, 3.63) is 64.9 Å². The first-order chi connectivity index (χ1) is 15.5. The lowest BCUT2D eigenvalue weighted by atomic mass is 10.1. The molecular formula is C24H23ClFN3O3. The Morgan fingerprint density at radius 3 is 2.41 bits per heavy atom. The highest BCUT2D eigenvalue weighted by molar-refractivity contribution is 6.35. The number of rotatable bonds is 4. The van der Waals surface area contributed by atoms with Crippen molar-refractivity contribution in [1.82, 2.24) is 14.8 Å². The Balaban J connectivity index is 1.52. The maximum absolute atomic E-state index is 13.3. The van der Waals surface area contributed by atoms with Gasteiger partial charge < -0.3 is 14.5 Å². The molecule has 0 atom stereocenters. The molecule has 3 aromatic rings. The monoisotopic (exact) mass is 455 g/mol. The lowest BCUT2D eigenvalue weighted by Gasteiger charge is -2.34. The number of piperazine rings is 1. The summed E-state index contributed by atoms with van der Waals surface area (Å²) in [5, 5.41) is 1.24. The molecule has 2 aromatic carbocycles. The summed E-state index contributed by atoms with van der Waals surface area (Å²) in [5.74, 6) is -0.453. The molecule has 166 valence electrons. The average Bonchev–Trinajstić information content (AvgIpc) is 2.82. The minimum absolute atomic E-state index is 0.126. The predicted molar refractivity (Wildman–Crippen MR) is 121 cm³/mol. The molecule has 0 unspecified atom stereocenters. The van der Waals surface area contributed by atoms with Crippen molar-refractivity contribution in [1.29, 1.82) is 0 Å². The van der Waals surface area contributed by atoms with Crippen LogP contribution in [0.2, 0.25) is 5.02 Å². The Kier molecular flexibility index (Phi) is 6.55. The Labute approximate surface area is 190 Å². The van der Waals surface area contributed by atoms with Gasteiger partial charge in [-0.05, 0) is 48.9 Å². The maximum atomic E-state index is 13.3. The Morgan fingerprint density at radius 1 is 1.03 bits per heavy atom. The predicted octanol–water partition coefficient (Wildman–Crippen LogP) is 5.00. The first kappa shape index (κ1) is 22.0. The minimum atomic E-state index is -0.336. The highest BCUT2D eigenvalue weighted by Gasteiger charge is 2.26. The van der Waals surface area contributed by atoms with Crippen LogP contribution in [0.3, 0.4) is 0 Å². The van der Waals surface area contributed by atoms with Crippen molar-refractivity contribution in [3.8, 4) is 11.3 Å². The maximum Gasteiger partial charge on any atom is 0.409 e. The SMILES string of the molecule is CCCOC(=O)N1CCN(C(=O)c2ccc3c(Cl)cc(-c4ccc(F)cc4)nc3c2)CC1. The van der Waals surface area contributed by atoms with Crippen LogP contribution in [0.1, 0.15) is 23.7 Å². The Hall–Kier alpha value is -3.19. The molecule has 0 spiro atoms. The lowest BCUT2D eigenvalue weighted by molar-refractivity contribution is 0.0560. The van der Waals surface area contributed by atoms with E-state index in [0.717, 1.165) is 17.4 Å². The zero-order chi connectivity index (χ0) is 22.7. The molecule has 6 nitrogen and oxygen atoms in total. The van der Waals surface area contributed by atoms with Gasteiger partial charge in [0, 0.05) is 42.7 Å². The summed E-state index contributed by atoms with van der Waals surface area (Å²) in [4.78, 5) is 33.0. The summed E-state index contributed by atoms with van der Waals surface area (Å²) in [6, 6.07) is 13.0. The number of carbonyl (C=O) groups excluding carboxylic acids is 2. The molecule has 1 aliphatic rings. The highest BCUT2D eigenvalue weighted by Crippen LogP contribution is 2.29. The number of halogens is 2. The van der Waals surface area contributed by atoms with Gasteiger partial charge in [0.05, 0.1) is 22.8 Å². The van der Waals surface area contributed by atoms with E-state index in [1.807, 2.05) is 6.92 Å². The molecule has 0 N–H and O–H groups in total. The van der Waals surface area contributed by atoms with Gasteiger partial charge in [-0.25, -0.2) is 14.2 Å². The highest BCUT2D eigenvalue weighted by atomic mass is 35.5. The van der Waals surface area contributed by atoms with Crippen molar-refractivity contribution in [2.24, 2.45) is 0 Å². The summed E-state index contributed by atoms with van der Waals surface area (Å²) in [6.45, 7) is 4.06. The van der Waals surface area contributed by atoms with Crippen LogP contribution >= 0.6 is 11.6 Å². The number of ether oxygens (including phenoxy) is 1. The van der Waals surface area contributed by atoms with Gasteiger partial charge >= 0.3 is 6.09 Å². The van der Waals surface area contributed by atoms with Gasteiger partial charge in [-0.3, -0.25) is 4.79 Å². The number of nitrogens with zero attached hydrogens (tertiary/aromatic N) is 3. The molecule has 0 aliphatic carbocycles. The summed E-state index contributed by atoms with van der Waals surface area (Å²) < 4.78 is 18.4. The van der Waals surface area contributed by atoms with E-state index < -0.39 is 0 Å². The van der Waals surface area contributed by atoms with Crippen LogP contribution in [0.15, 0.2) is 48.5 Å². The van der Waals surface area contributed by atoms with E-state index in [-0.39, 0.29) is 17.8 Å². The second-order valence-corrected chi connectivity index (χ2v) is 8.03. The standard InChI is InChI=1S/C24H23ClFN3O3/c1-2-13-32-24(31)29-11-9-28(10-12-29)23(30)17-5-8-19-20(25)15-21(27-22(19)14-17)16-3-6-18(26)7-4-16/h3-8,14-15H,2,9-13H2,1H3.